The Labute approximate surface area is 180 Å². The van der Waals surface area contributed by atoms with Crippen LogP contribution in [0.4, 0.5) is 5.13 Å². The van der Waals surface area contributed by atoms with Crippen molar-refractivity contribution in [2.45, 2.75) is 36.6 Å². The van der Waals surface area contributed by atoms with E-state index in [2.05, 4.69) is 21.4 Å². The molecule has 1 aromatic carbocycles. The predicted octanol–water partition coefficient (Wildman–Crippen LogP) is 4.17. The summed E-state index contributed by atoms with van der Waals surface area (Å²) in [7, 11) is 0. The number of hydrogen-bond donors (Lipinski definition) is 1. The summed E-state index contributed by atoms with van der Waals surface area (Å²) < 4.78 is 2.07. The molecule has 1 aliphatic heterocycles. The fraction of sp³-hybridized carbons (Fsp3) is 0.400. The fourth-order valence-corrected chi connectivity index (χ4v) is 6.47. The van der Waals surface area contributed by atoms with Gasteiger partial charge >= 0.3 is 0 Å². The molecule has 3 heterocycles. The molecule has 3 aromatic rings. The number of rotatable bonds is 5. The van der Waals surface area contributed by atoms with E-state index in [0.717, 1.165) is 50.8 Å². The molecule has 0 spiro atoms. The minimum absolute atomic E-state index is 0.0857. The zero-order valence-corrected chi connectivity index (χ0v) is 18.2. The van der Waals surface area contributed by atoms with E-state index in [1.165, 1.54) is 23.1 Å². The van der Waals surface area contributed by atoms with Gasteiger partial charge in [0.25, 0.3) is 0 Å². The second kappa shape index (κ2) is 8.04. The Morgan fingerprint density at radius 2 is 2.07 bits per heavy atom. The summed E-state index contributed by atoms with van der Waals surface area (Å²) in [5.74, 6) is 0.739. The molecule has 0 atom stereocenters. The molecule has 0 saturated heterocycles. The lowest BCUT2D eigenvalue weighted by Gasteiger charge is -2.25. The number of nitrogens with zero attached hydrogens (tertiary/aromatic N) is 3. The third-order valence-electron chi connectivity index (χ3n) is 5.38. The number of nitrogens with one attached hydrogen (secondary N) is 1. The van der Waals surface area contributed by atoms with Crippen LogP contribution in [-0.4, -0.2) is 39.0 Å². The van der Waals surface area contributed by atoms with Gasteiger partial charge in [0, 0.05) is 23.8 Å². The normalized spacial score (nSPS) is 16.5. The van der Waals surface area contributed by atoms with Gasteiger partial charge in [0.2, 0.25) is 11.8 Å². The van der Waals surface area contributed by atoms with Crippen LogP contribution in [-0.2, 0) is 22.6 Å². The Bertz CT molecular complexity index is 1040. The Kier molecular flexibility index (Phi) is 5.28. The maximum absolute atomic E-state index is 12.7. The molecule has 1 fully saturated rings. The van der Waals surface area contributed by atoms with E-state index in [-0.39, 0.29) is 17.7 Å². The smallest absolute Gasteiger partial charge is 0.233 e. The molecule has 0 unspecified atom stereocenters. The first-order chi connectivity index (χ1) is 14.2. The van der Waals surface area contributed by atoms with Crippen LogP contribution in [0.15, 0.2) is 28.6 Å². The average Bonchev–Trinajstić information content (AvgIpc) is 3.26. The number of carbonyl (C=O) groups is 2. The Morgan fingerprint density at radius 3 is 2.86 bits per heavy atom. The molecule has 2 amide bonds. The number of para-hydroxylation sites is 1. The van der Waals surface area contributed by atoms with Crippen molar-refractivity contribution in [2.75, 3.05) is 17.6 Å². The molecule has 150 valence electrons. The highest BCUT2D eigenvalue weighted by Crippen LogP contribution is 2.33. The topological polar surface area (TPSA) is 75.2 Å². The molecular weight excluding hydrogens is 424 g/mol. The maximum atomic E-state index is 12.7. The van der Waals surface area contributed by atoms with Crippen LogP contribution in [0.3, 0.4) is 0 Å². The molecule has 1 N–H and O–H groups in total. The highest BCUT2D eigenvalue weighted by molar-refractivity contribution is 8.01. The van der Waals surface area contributed by atoms with E-state index in [0.29, 0.717) is 24.0 Å². The molecule has 2 aliphatic rings. The van der Waals surface area contributed by atoms with E-state index in [1.54, 1.807) is 11.3 Å². The number of benzene rings is 1. The summed E-state index contributed by atoms with van der Waals surface area (Å²) in [6, 6.07) is 8.03. The number of anilines is 1. The second-order valence-electron chi connectivity index (χ2n) is 7.31. The maximum Gasteiger partial charge on any atom is 0.233 e. The summed E-state index contributed by atoms with van der Waals surface area (Å²) in [4.78, 5) is 37.0. The SMILES string of the molecule is O=C(Nc1nc2c(s1)CN(C(=O)CSc1nc3ccccc3s1)CC2)C1CCC1. The van der Waals surface area contributed by atoms with Crippen LogP contribution >= 0.6 is 34.4 Å². The number of hydrogen-bond acceptors (Lipinski definition) is 7. The fourth-order valence-electron chi connectivity index (χ4n) is 3.47. The van der Waals surface area contributed by atoms with E-state index in [1.807, 2.05) is 23.1 Å². The van der Waals surface area contributed by atoms with Gasteiger partial charge in [-0.25, -0.2) is 9.97 Å². The van der Waals surface area contributed by atoms with Crippen molar-refractivity contribution < 1.29 is 9.59 Å². The van der Waals surface area contributed by atoms with Gasteiger partial charge in [0.15, 0.2) is 9.47 Å². The number of thiazole rings is 2. The Morgan fingerprint density at radius 1 is 1.21 bits per heavy atom. The van der Waals surface area contributed by atoms with Crippen molar-refractivity contribution in [1.29, 1.82) is 0 Å². The summed E-state index contributed by atoms with van der Waals surface area (Å²) in [6.07, 6.45) is 3.83. The van der Waals surface area contributed by atoms with Gasteiger partial charge < -0.3 is 10.2 Å². The van der Waals surface area contributed by atoms with Gasteiger partial charge in [0.05, 0.1) is 28.2 Å². The quantitative estimate of drug-likeness (QED) is 0.598. The van der Waals surface area contributed by atoms with Gasteiger partial charge in [0.1, 0.15) is 0 Å². The largest absolute Gasteiger partial charge is 0.336 e. The molecule has 6 nitrogen and oxygen atoms in total. The van der Waals surface area contributed by atoms with Gasteiger partial charge in [-0.2, -0.15) is 0 Å². The Hall–Kier alpha value is -1.97. The first-order valence-electron chi connectivity index (χ1n) is 9.71. The lowest BCUT2D eigenvalue weighted by molar-refractivity contribution is -0.129. The third kappa shape index (κ3) is 4.04. The van der Waals surface area contributed by atoms with E-state index in [9.17, 15) is 9.59 Å². The van der Waals surface area contributed by atoms with Crippen molar-refractivity contribution in [3.05, 3.63) is 34.8 Å². The summed E-state index contributed by atoms with van der Waals surface area (Å²) >= 11 is 4.63. The second-order valence-corrected chi connectivity index (χ2v) is 10.6. The average molecular weight is 445 g/mol. The molecule has 0 radical (unpaired) electrons. The van der Waals surface area contributed by atoms with Crippen LogP contribution in [0.1, 0.15) is 29.8 Å². The lowest BCUT2D eigenvalue weighted by atomic mass is 9.85. The van der Waals surface area contributed by atoms with Crippen LogP contribution in [0.5, 0.6) is 0 Å². The van der Waals surface area contributed by atoms with Crippen molar-refractivity contribution in [2.24, 2.45) is 5.92 Å². The van der Waals surface area contributed by atoms with E-state index >= 15 is 0 Å². The zero-order valence-electron chi connectivity index (χ0n) is 15.7. The van der Waals surface area contributed by atoms with Crippen molar-refractivity contribution >= 4 is 61.6 Å². The third-order valence-corrected chi connectivity index (χ3v) is 8.55. The molecule has 2 aromatic heterocycles. The van der Waals surface area contributed by atoms with Gasteiger partial charge in [-0.05, 0) is 25.0 Å². The van der Waals surface area contributed by atoms with Crippen LogP contribution in [0.2, 0.25) is 0 Å². The number of thioether (sulfide) groups is 1. The predicted molar refractivity (Wildman–Crippen MR) is 118 cm³/mol. The first-order valence-corrected chi connectivity index (χ1v) is 12.3. The minimum atomic E-state index is 0.0857. The molecule has 1 saturated carbocycles. The number of carbonyl (C=O) groups excluding carboxylic acids is 2. The van der Waals surface area contributed by atoms with Gasteiger partial charge in [-0.15, -0.1) is 11.3 Å². The summed E-state index contributed by atoms with van der Waals surface area (Å²) in [6.45, 7) is 1.25. The van der Waals surface area contributed by atoms with E-state index < -0.39 is 0 Å². The minimum Gasteiger partial charge on any atom is -0.336 e. The van der Waals surface area contributed by atoms with Crippen molar-refractivity contribution in [1.82, 2.24) is 14.9 Å². The van der Waals surface area contributed by atoms with Crippen LogP contribution < -0.4 is 5.32 Å². The van der Waals surface area contributed by atoms with Crippen molar-refractivity contribution in [3.8, 4) is 0 Å². The summed E-state index contributed by atoms with van der Waals surface area (Å²) in [5.41, 5.74) is 2.00. The van der Waals surface area contributed by atoms with E-state index in [4.69, 9.17) is 0 Å². The first kappa shape index (κ1) is 19.0. The van der Waals surface area contributed by atoms with Crippen molar-refractivity contribution in [3.63, 3.8) is 0 Å². The molecule has 9 heteroatoms. The van der Waals surface area contributed by atoms with Gasteiger partial charge in [-0.3, -0.25) is 9.59 Å². The monoisotopic (exact) mass is 444 g/mol. The van der Waals surface area contributed by atoms with Crippen LogP contribution in [0.25, 0.3) is 10.2 Å². The number of amides is 2. The van der Waals surface area contributed by atoms with Crippen LogP contribution in [0, 0.1) is 5.92 Å². The van der Waals surface area contributed by atoms with Gasteiger partial charge in [-0.1, -0.05) is 41.7 Å². The molecule has 29 heavy (non-hydrogen) atoms. The zero-order chi connectivity index (χ0) is 19.8. The highest BCUT2D eigenvalue weighted by Gasteiger charge is 2.28. The number of fused-ring (bicyclic) bond motifs is 2. The standard InChI is InChI=1S/C20H20N4O2S3/c25-17(11-27-20-22-13-6-1-2-7-15(13)29-20)24-9-8-14-16(10-24)28-19(21-14)23-18(26)12-4-3-5-12/h1-2,6-7,12H,3-5,8-11H2,(H,21,23,26). The molecule has 0 bridgehead atoms. The molecule has 1 aliphatic carbocycles. The Balaban J connectivity index is 1.18. The molecular formula is C20H20N4O2S3. The highest BCUT2D eigenvalue weighted by atomic mass is 32.2. The number of aromatic nitrogens is 2. The molecule has 5 rings (SSSR count). The lowest BCUT2D eigenvalue weighted by Crippen LogP contribution is -2.36. The summed E-state index contributed by atoms with van der Waals surface area (Å²) in [5, 5.41) is 3.63.